The molecule has 2 N–H and O–H groups in total. The number of halogens is 1. The zero-order valence-corrected chi connectivity index (χ0v) is 21.9. The van der Waals surface area contributed by atoms with Crippen molar-refractivity contribution in [1.82, 2.24) is 14.9 Å². The Morgan fingerprint density at radius 2 is 1.95 bits per heavy atom. The van der Waals surface area contributed by atoms with Gasteiger partial charge in [0.1, 0.15) is 5.82 Å². The van der Waals surface area contributed by atoms with Gasteiger partial charge in [0, 0.05) is 55.1 Å². The predicted molar refractivity (Wildman–Crippen MR) is 144 cm³/mol. The molecule has 2 saturated heterocycles. The first kappa shape index (κ1) is 24.6. The number of hydrogen-bond acceptors (Lipinski definition) is 7. The van der Waals surface area contributed by atoms with Crippen LogP contribution >= 0.6 is 11.6 Å². The van der Waals surface area contributed by atoms with Gasteiger partial charge in [-0.15, -0.1) is 0 Å². The molecule has 2 aliphatic heterocycles. The minimum Gasteiger partial charge on any atom is -0.389 e. The van der Waals surface area contributed by atoms with Crippen LogP contribution < -0.4 is 10.2 Å². The second-order valence-electron chi connectivity index (χ2n) is 11.0. The highest BCUT2D eigenvalue weighted by Crippen LogP contribution is 2.53. The van der Waals surface area contributed by atoms with E-state index in [9.17, 15) is 9.90 Å². The molecule has 8 nitrogen and oxygen atoms in total. The maximum Gasteiger partial charge on any atom is 0.229 e. The molecule has 6 rings (SSSR count). The molecule has 9 heteroatoms. The topological polar surface area (TPSA) is 90.8 Å². The SMILES string of the molecule is CC1(c2ccccn2)C[C@@H]1C(=O)Nc1cc2cc(N3CCN(C4(C)COCC4O)CC3)c(Cl)cc2cn1. The highest BCUT2D eigenvalue weighted by atomic mass is 35.5. The molecule has 1 aliphatic carbocycles. The van der Waals surface area contributed by atoms with Gasteiger partial charge in [0.15, 0.2) is 0 Å². The molecule has 0 bridgehead atoms. The van der Waals surface area contributed by atoms with Gasteiger partial charge in [-0.25, -0.2) is 4.98 Å². The Kier molecular flexibility index (Phi) is 6.11. The minimum atomic E-state index is -0.470. The summed E-state index contributed by atoms with van der Waals surface area (Å²) in [6.07, 6.45) is 3.83. The number of anilines is 2. The number of aliphatic hydroxyl groups is 1. The monoisotopic (exact) mass is 521 g/mol. The first-order chi connectivity index (χ1) is 17.8. The molecule has 1 aromatic carbocycles. The maximum absolute atomic E-state index is 13.0. The van der Waals surface area contributed by atoms with E-state index >= 15 is 0 Å². The largest absolute Gasteiger partial charge is 0.389 e. The van der Waals surface area contributed by atoms with Crippen molar-refractivity contribution in [2.45, 2.75) is 37.3 Å². The summed E-state index contributed by atoms with van der Waals surface area (Å²) < 4.78 is 5.53. The summed E-state index contributed by atoms with van der Waals surface area (Å²) in [5, 5.41) is 16.0. The van der Waals surface area contributed by atoms with Crippen LogP contribution in [0.1, 0.15) is 26.0 Å². The number of nitrogens with zero attached hydrogens (tertiary/aromatic N) is 4. The van der Waals surface area contributed by atoms with Crippen molar-refractivity contribution >= 4 is 39.8 Å². The lowest BCUT2D eigenvalue weighted by atomic mass is 9.95. The second kappa shape index (κ2) is 9.20. The smallest absolute Gasteiger partial charge is 0.229 e. The Hall–Kier alpha value is -2.78. The molecule has 0 radical (unpaired) electrons. The maximum atomic E-state index is 13.0. The van der Waals surface area contributed by atoms with Gasteiger partial charge in [0.05, 0.1) is 41.5 Å². The third-order valence-corrected chi connectivity index (χ3v) is 8.88. The average molecular weight is 522 g/mol. The highest BCUT2D eigenvalue weighted by Gasteiger charge is 2.56. The molecule has 4 atom stereocenters. The van der Waals surface area contributed by atoms with Crippen molar-refractivity contribution in [2.24, 2.45) is 5.92 Å². The second-order valence-corrected chi connectivity index (χ2v) is 11.4. The lowest BCUT2D eigenvalue weighted by molar-refractivity contribution is -0.117. The van der Waals surface area contributed by atoms with E-state index in [1.807, 2.05) is 30.3 Å². The molecule has 194 valence electrons. The van der Waals surface area contributed by atoms with Gasteiger partial charge in [-0.1, -0.05) is 24.6 Å². The molecule has 2 aromatic heterocycles. The van der Waals surface area contributed by atoms with Crippen LogP contribution in [0.5, 0.6) is 0 Å². The number of hydrogen-bond donors (Lipinski definition) is 2. The zero-order valence-electron chi connectivity index (χ0n) is 21.2. The van der Waals surface area contributed by atoms with E-state index in [0.29, 0.717) is 24.1 Å². The number of fused-ring (bicyclic) bond motifs is 1. The van der Waals surface area contributed by atoms with Gasteiger partial charge in [0.25, 0.3) is 0 Å². The molecule has 0 spiro atoms. The molecule has 1 amide bonds. The van der Waals surface area contributed by atoms with Crippen LogP contribution in [0, 0.1) is 5.92 Å². The Morgan fingerprint density at radius 3 is 2.65 bits per heavy atom. The predicted octanol–water partition coefficient (Wildman–Crippen LogP) is 3.47. The number of benzene rings is 1. The molecule has 3 fully saturated rings. The van der Waals surface area contributed by atoms with Crippen molar-refractivity contribution in [3.8, 4) is 0 Å². The summed E-state index contributed by atoms with van der Waals surface area (Å²) in [6, 6.07) is 11.8. The van der Waals surface area contributed by atoms with Gasteiger partial charge in [-0.3, -0.25) is 14.7 Å². The number of ether oxygens (including phenoxy) is 1. The first-order valence-corrected chi connectivity index (χ1v) is 13.2. The van der Waals surface area contributed by atoms with Crippen molar-refractivity contribution in [3.63, 3.8) is 0 Å². The van der Waals surface area contributed by atoms with E-state index in [1.54, 1.807) is 12.4 Å². The summed E-state index contributed by atoms with van der Waals surface area (Å²) in [5.74, 6) is 0.383. The molecular weight excluding hydrogens is 490 g/mol. The van der Waals surface area contributed by atoms with Crippen LogP contribution in [0.2, 0.25) is 5.02 Å². The standard InChI is InChI=1S/C28H32ClN5O3/c1-27(23-5-3-4-6-30-23)14-20(27)26(36)32-25-13-18-12-22(21(29)11-19(18)15-31-25)33-7-9-34(10-8-33)28(2)17-37-16-24(28)35/h3-6,11-13,15,20,24,35H,7-10,14,16-17H2,1-2H3,(H,31,32,36)/t20-,24?,27?,28?/m1/s1. The van der Waals surface area contributed by atoms with Crippen LogP contribution in [0.15, 0.2) is 48.8 Å². The van der Waals surface area contributed by atoms with Crippen LogP contribution in [0.25, 0.3) is 10.8 Å². The number of aromatic nitrogens is 2. The van der Waals surface area contributed by atoms with Crippen LogP contribution in [0.4, 0.5) is 11.5 Å². The van der Waals surface area contributed by atoms with Crippen molar-refractivity contribution in [2.75, 3.05) is 49.6 Å². The third-order valence-electron chi connectivity index (χ3n) is 8.57. The summed E-state index contributed by atoms with van der Waals surface area (Å²) in [7, 11) is 0. The fourth-order valence-corrected chi connectivity index (χ4v) is 6.11. The van der Waals surface area contributed by atoms with E-state index in [4.69, 9.17) is 16.3 Å². The lowest BCUT2D eigenvalue weighted by Gasteiger charge is -2.45. The number of aliphatic hydroxyl groups excluding tert-OH is 1. The number of piperazine rings is 1. The highest BCUT2D eigenvalue weighted by molar-refractivity contribution is 6.34. The zero-order chi connectivity index (χ0) is 25.8. The third kappa shape index (κ3) is 4.36. The molecule has 3 unspecified atom stereocenters. The Balaban J connectivity index is 1.16. The van der Waals surface area contributed by atoms with Crippen LogP contribution in [-0.4, -0.2) is 76.9 Å². The van der Waals surface area contributed by atoms with Gasteiger partial charge in [-0.2, -0.15) is 0 Å². The lowest BCUT2D eigenvalue weighted by Crippen LogP contribution is -2.60. The first-order valence-electron chi connectivity index (χ1n) is 12.9. The molecule has 3 aliphatic rings. The summed E-state index contributed by atoms with van der Waals surface area (Å²) in [5.41, 5.74) is 1.34. The molecule has 1 saturated carbocycles. The quantitative estimate of drug-likeness (QED) is 0.531. The fourth-order valence-electron chi connectivity index (χ4n) is 5.82. The van der Waals surface area contributed by atoms with Gasteiger partial charge < -0.3 is 20.1 Å². The summed E-state index contributed by atoms with van der Waals surface area (Å²) >= 11 is 6.70. The summed E-state index contributed by atoms with van der Waals surface area (Å²) in [6.45, 7) is 8.34. The number of pyridine rings is 2. The van der Waals surface area contributed by atoms with Crippen molar-refractivity contribution in [3.05, 3.63) is 59.5 Å². The van der Waals surface area contributed by atoms with Gasteiger partial charge in [-0.05, 0) is 49.1 Å². The molecule has 37 heavy (non-hydrogen) atoms. The Morgan fingerprint density at radius 1 is 1.14 bits per heavy atom. The van der Waals surface area contributed by atoms with E-state index in [1.165, 1.54) is 0 Å². The number of amides is 1. The molecular formula is C28H32ClN5O3. The van der Waals surface area contributed by atoms with Crippen molar-refractivity contribution in [1.29, 1.82) is 0 Å². The van der Waals surface area contributed by atoms with E-state index in [0.717, 1.165) is 54.8 Å². The van der Waals surface area contributed by atoms with Gasteiger partial charge >= 0.3 is 0 Å². The number of rotatable bonds is 5. The average Bonchev–Trinajstić information content (AvgIpc) is 3.50. The number of carbonyl (C=O) groups is 1. The molecule has 3 aromatic rings. The van der Waals surface area contributed by atoms with E-state index in [2.05, 4.69) is 45.0 Å². The van der Waals surface area contributed by atoms with E-state index in [-0.39, 0.29) is 22.8 Å². The normalized spacial score (nSPS) is 30.0. The Labute approximate surface area is 221 Å². The van der Waals surface area contributed by atoms with E-state index < -0.39 is 6.10 Å². The Bertz CT molecular complexity index is 1330. The summed E-state index contributed by atoms with van der Waals surface area (Å²) in [4.78, 5) is 26.5. The molecule has 4 heterocycles. The minimum absolute atomic E-state index is 0.0307. The van der Waals surface area contributed by atoms with Crippen LogP contribution in [-0.2, 0) is 14.9 Å². The number of carbonyl (C=O) groups excluding carboxylic acids is 1. The van der Waals surface area contributed by atoms with Crippen molar-refractivity contribution < 1.29 is 14.6 Å². The number of nitrogens with one attached hydrogen (secondary N) is 1. The fraction of sp³-hybridized carbons (Fsp3) is 0.464. The van der Waals surface area contributed by atoms with Gasteiger partial charge in [0.2, 0.25) is 5.91 Å². The van der Waals surface area contributed by atoms with Crippen LogP contribution in [0.3, 0.4) is 0 Å².